The number of fused-ring (bicyclic) bond motifs is 1. The summed E-state index contributed by atoms with van der Waals surface area (Å²) in [5, 5.41) is 2.93. The number of likely N-dealkylation sites (tertiary alicyclic amines) is 2. The van der Waals surface area contributed by atoms with Gasteiger partial charge in [0.25, 0.3) is 0 Å². The highest BCUT2D eigenvalue weighted by atomic mass is 35.5. The lowest BCUT2D eigenvalue weighted by Crippen LogP contribution is -2.62. The molecule has 1 N–H and O–H groups in total. The summed E-state index contributed by atoms with van der Waals surface area (Å²) in [4.78, 5) is 28.1. The summed E-state index contributed by atoms with van der Waals surface area (Å²) in [5.74, 6) is -0.0960. The van der Waals surface area contributed by atoms with Crippen LogP contribution in [0.15, 0.2) is 18.2 Å². The Kier molecular flexibility index (Phi) is 7.08. The number of benzene rings is 1. The molecule has 0 bridgehead atoms. The van der Waals surface area contributed by atoms with E-state index in [0.29, 0.717) is 39.2 Å². The molecule has 0 radical (unpaired) electrons. The number of hydrogen-bond donors (Lipinski definition) is 1. The molecule has 182 valence electrons. The molecule has 2 atom stereocenters. The van der Waals surface area contributed by atoms with Gasteiger partial charge < -0.3 is 29.3 Å². The summed E-state index contributed by atoms with van der Waals surface area (Å²) in [6.45, 7) is 2.59. The fourth-order valence-corrected chi connectivity index (χ4v) is 4.59. The van der Waals surface area contributed by atoms with Crippen LogP contribution in [0.5, 0.6) is 11.5 Å². The van der Waals surface area contributed by atoms with E-state index < -0.39 is 12.1 Å². The van der Waals surface area contributed by atoms with Crippen LogP contribution < -0.4 is 14.8 Å². The predicted molar refractivity (Wildman–Crippen MR) is 111 cm³/mol. The maximum Gasteiger partial charge on any atom is 0.573 e. The lowest BCUT2D eigenvalue weighted by molar-refractivity contribution is -0.274. The van der Waals surface area contributed by atoms with E-state index in [9.17, 15) is 22.8 Å². The van der Waals surface area contributed by atoms with Crippen LogP contribution in [0.2, 0.25) is 5.02 Å². The molecule has 0 unspecified atom stereocenters. The van der Waals surface area contributed by atoms with E-state index in [1.54, 1.807) is 9.80 Å². The largest absolute Gasteiger partial charge is 0.573 e. The van der Waals surface area contributed by atoms with Gasteiger partial charge >= 0.3 is 12.4 Å². The van der Waals surface area contributed by atoms with E-state index in [2.05, 4.69) is 10.1 Å². The van der Waals surface area contributed by atoms with E-state index >= 15 is 0 Å². The van der Waals surface area contributed by atoms with Crippen LogP contribution in [-0.2, 0) is 9.53 Å². The van der Waals surface area contributed by atoms with Crippen molar-refractivity contribution in [1.29, 1.82) is 0 Å². The second-order valence-electron chi connectivity index (χ2n) is 8.42. The Morgan fingerprint density at radius 3 is 2.61 bits per heavy atom. The average molecular weight is 492 g/mol. The van der Waals surface area contributed by atoms with E-state index in [4.69, 9.17) is 21.1 Å². The molecule has 0 aromatic heterocycles. The zero-order valence-corrected chi connectivity index (χ0v) is 18.5. The molecule has 3 aliphatic heterocycles. The molecule has 3 saturated heterocycles. The monoisotopic (exact) mass is 491 g/mol. The van der Waals surface area contributed by atoms with Crippen molar-refractivity contribution in [2.45, 2.75) is 37.8 Å². The van der Waals surface area contributed by atoms with E-state index in [-0.39, 0.29) is 47.4 Å². The number of amides is 3. The van der Waals surface area contributed by atoms with Gasteiger partial charge in [-0.15, -0.1) is 13.2 Å². The highest BCUT2D eigenvalue weighted by Gasteiger charge is 2.38. The number of urea groups is 1. The lowest BCUT2D eigenvalue weighted by atomic mass is 9.97. The van der Waals surface area contributed by atoms with Crippen molar-refractivity contribution in [3.05, 3.63) is 23.2 Å². The molecule has 12 heteroatoms. The summed E-state index contributed by atoms with van der Waals surface area (Å²) in [7, 11) is 0. The molecule has 3 heterocycles. The van der Waals surface area contributed by atoms with Crippen LogP contribution in [-0.4, -0.2) is 79.6 Å². The molecule has 33 heavy (non-hydrogen) atoms. The normalized spacial score (nSPS) is 24.2. The van der Waals surface area contributed by atoms with Crippen molar-refractivity contribution in [3.8, 4) is 11.5 Å². The van der Waals surface area contributed by atoms with Gasteiger partial charge in [0, 0.05) is 32.2 Å². The standard InChI is InChI=1S/C21H25ClF3N3O5/c22-15-9-14(33-21(23,24)25)1-2-17(15)31-11-13-3-6-27(7-4-13)20(30)28-8-5-18-16(10-28)26-19(29)12-32-18/h1-2,9,13,16,18H,3-8,10-12H2,(H,26,29)/t16-,18+/m1/s1. The minimum atomic E-state index is -4.79. The first kappa shape index (κ1) is 23.7. The SMILES string of the molecule is O=C1CO[C@H]2CCN(C(=O)N3CCC(COc4ccc(OC(F)(F)F)cc4Cl)CC3)C[C@H]2N1. The zero-order valence-electron chi connectivity index (χ0n) is 17.8. The van der Waals surface area contributed by atoms with Gasteiger partial charge in [-0.25, -0.2) is 4.79 Å². The van der Waals surface area contributed by atoms with Crippen LogP contribution in [0.4, 0.5) is 18.0 Å². The number of alkyl halides is 3. The first-order valence-corrected chi connectivity index (χ1v) is 11.2. The van der Waals surface area contributed by atoms with Crippen molar-refractivity contribution in [3.63, 3.8) is 0 Å². The number of piperidine rings is 2. The average Bonchev–Trinajstić information content (AvgIpc) is 2.77. The fourth-order valence-electron chi connectivity index (χ4n) is 4.37. The van der Waals surface area contributed by atoms with Gasteiger partial charge in [-0.3, -0.25) is 4.79 Å². The van der Waals surface area contributed by atoms with Crippen LogP contribution in [0, 0.1) is 5.92 Å². The Labute approximate surface area is 193 Å². The second-order valence-corrected chi connectivity index (χ2v) is 8.83. The van der Waals surface area contributed by atoms with E-state index in [0.717, 1.165) is 25.0 Å². The minimum absolute atomic E-state index is 0.0338. The molecule has 3 aliphatic rings. The Morgan fingerprint density at radius 1 is 1.18 bits per heavy atom. The third-order valence-electron chi connectivity index (χ3n) is 6.09. The Morgan fingerprint density at radius 2 is 1.91 bits per heavy atom. The van der Waals surface area contributed by atoms with Gasteiger partial charge in [0.05, 0.1) is 23.8 Å². The summed E-state index contributed by atoms with van der Waals surface area (Å²) < 4.78 is 52.0. The number of ether oxygens (including phenoxy) is 3. The molecule has 3 fully saturated rings. The van der Waals surface area contributed by atoms with Gasteiger partial charge in [0.1, 0.15) is 18.1 Å². The number of nitrogens with zero attached hydrogens (tertiary/aromatic N) is 2. The number of halogens is 4. The fraction of sp³-hybridized carbons (Fsp3) is 0.619. The molecule has 0 aliphatic carbocycles. The molecular formula is C21H25ClF3N3O5. The number of morpholine rings is 1. The first-order valence-electron chi connectivity index (χ1n) is 10.8. The molecule has 0 spiro atoms. The Bertz CT molecular complexity index is 879. The maximum atomic E-state index is 12.9. The molecule has 8 nitrogen and oxygen atoms in total. The number of rotatable bonds is 4. The minimum Gasteiger partial charge on any atom is -0.492 e. The highest BCUT2D eigenvalue weighted by Crippen LogP contribution is 2.32. The molecule has 1 aromatic rings. The predicted octanol–water partition coefficient (Wildman–Crippen LogP) is 3.04. The maximum absolute atomic E-state index is 12.9. The van der Waals surface area contributed by atoms with E-state index in [1.807, 2.05) is 0 Å². The van der Waals surface area contributed by atoms with Crippen molar-refractivity contribution >= 4 is 23.5 Å². The number of nitrogens with one attached hydrogen (secondary N) is 1. The first-order chi connectivity index (χ1) is 15.7. The molecular weight excluding hydrogens is 467 g/mol. The van der Waals surface area contributed by atoms with Gasteiger partial charge in [0.2, 0.25) is 5.91 Å². The highest BCUT2D eigenvalue weighted by molar-refractivity contribution is 6.32. The second kappa shape index (κ2) is 9.84. The third-order valence-corrected chi connectivity index (χ3v) is 6.39. The van der Waals surface area contributed by atoms with Gasteiger partial charge in [-0.1, -0.05) is 11.6 Å². The molecule has 0 saturated carbocycles. The summed E-state index contributed by atoms with van der Waals surface area (Å²) in [6, 6.07) is 3.34. The molecule has 1 aromatic carbocycles. The third kappa shape index (κ3) is 6.14. The smallest absolute Gasteiger partial charge is 0.492 e. The van der Waals surface area contributed by atoms with E-state index in [1.165, 1.54) is 6.07 Å². The van der Waals surface area contributed by atoms with Crippen LogP contribution in [0.25, 0.3) is 0 Å². The van der Waals surface area contributed by atoms with Gasteiger partial charge in [0.15, 0.2) is 0 Å². The number of carbonyl (C=O) groups excluding carboxylic acids is 2. The summed E-state index contributed by atoms with van der Waals surface area (Å²) >= 11 is 6.02. The topological polar surface area (TPSA) is 80.3 Å². The quantitative estimate of drug-likeness (QED) is 0.700. The lowest BCUT2D eigenvalue weighted by Gasteiger charge is -2.43. The van der Waals surface area contributed by atoms with Crippen molar-refractivity contribution in [2.24, 2.45) is 5.92 Å². The summed E-state index contributed by atoms with van der Waals surface area (Å²) in [5.41, 5.74) is 0. The van der Waals surface area contributed by atoms with Crippen molar-refractivity contribution < 1.29 is 37.0 Å². The van der Waals surface area contributed by atoms with Crippen LogP contribution in [0.3, 0.4) is 0 Å². The molecule has 3 amide bonds. The van der Waals surface area contributed by atoms with Crippen LogP contribution in [0.1, 0.15) is 19.3 Å². The zero-order chi connectivity index (χ0) is 23.6. The van der Waals surface area contributed by atoms with Gasteiger partial charge in [-0.2, -0.15) is 0 Å². The summed E-state index contributed by atoms with van der Waals surface area (Å²) in [6.07, 6.45) is -2.67. The van der Waals surface area contributed by atoms with Gasteiger partial charge in [-0.05, 0) is 37.3 Å². The number of carbonyl (C=O) groups is 2. The number of hydrogen-bond acceptors (Lipinski definition) is 5. The Balaban J connectivity index is 1.22. The van der Waals surface area contributed by atoms with Crippen LogP contribution >= 0.6 is 11.6 Å². The van der Waals surface area contributed by atoms with Crippen molar-refractivity contribution in [1.82, 2.24) is 15.1 Å². The molecule has 4 rings (SSSR count). The Hall–Kier alpha value is -2.40. The van der Waals surface area contributed by atoms with Crippen molar-refractivity contribution in [2.75, 3.05) is 39.4 Å².